The summed E-state index contributed by atoms with van der Waals surface area (Å²) in [5.74, 6) is 0.951. The molecule has 0 bridgehead atoms. The molecule has 0 aliphatic heterocycles. The predicted octanol–water partition coefficient (Wildman–Crippen LogP) is 7.22. The molecule has 0 aromatic carbocycles. The van der Waals surface area contributed by atoms with Crippen LogP contribution >= 0.6 is 11.6 Å². The third-order valence-corrected chi connectivity index (χ3v) is 4.43. The highest BCUT2D eigenvalue weighted by Gasteiger charge is 2.06. The van der Waals surface area contributed by atoms with Gasteiger partial charge in [-0.25, -0.2) is 0 Å². The van der Waals surface area contributed by atoms with E-state index in [1.54, 1.807) is 6.26 Å². The van der Waals surface area contributed by atoms with Crippen molar-refractivity contribution in [3.8, 4) is 0 Å². The molecule has 2 nitrogen and oxygen atoms in total. The van der Waals surface area contributed by atoms with Crippen LogP contribution in [0, 0.1) is 11.8 Å². The summed E-state index contributed by atoms with van der Waals surface area (Å²) in [5, 5.41) is 0.136. The summed E-state index contributed by atoms with van der Waals surface area (Å²) in [6, 6.07) is 0. The summed E-state index contributed by atoms with van der Waals surface area (Å²) in [6.45, 7) is 20.9. The molecule has 0 fully saturated rings. The second kappa shape index (κ2) is 16.2. The molecule has 0 aromatic rings. The van der Waals surface area contributed by atoms with Crippen LogP contribution in [0.1, 0.15) is 66.7 Å². The lowest BCUT2D eigenvalue weighted by Gasteiger charge is -2.10. The zero-order chi connectivity index (χ0) is 19.8. The summed E-state index contributed by atoms with van der Waals surface area (Å²) in [5.41, 5.74) is 2.17. The molecule has 3 unspecified atom stereocenters. The van der Waals surface area contributed by atoms with Gasteiger partial charge in [0.05, 0.1) is 11.6 Å². The molecule has 0 aliphatic rings. The zero-order valence-electron chi connectivity index (χ0n) is 16.8. The van der Waals surface area contributed by atoms with Gasteiger partial charge in [-0.05, 0) is 63.4 Å². The van der Waals surface area contributed by atoms with Crippen molar-refractivity contribution in [2.45, 2.75) is 72.1 Å². The van der Waals surface area contributed by atoms with E-state index in [0.717, 1.165) is 43.3 Å². The highest BCUT2D eigenvalue weighted by Crippen LogP contribution is 2.17. The minimum Gasteiger partial charge on any atom is -0.435 e. The van der Waals surface area contributed by atoms with Gasteiger partial charge in [-0.1, -0.05) is 38.2 Å². The van der Waals surface area contributed by atoms with Gasteiger partial charge in [0.25, 0.3) is 0 Å². The van der Waals surface area contributed by atoms with Crippen molar-refractivity contribution in [3.05, 3.63) is 49.3 Å². The van der Waals surface area contributed by atoms with Crippen molar-refractivity contribution >= 4 is 17.6 Å². The SMILES string of the molecule is C=CC(C)CCC(Cl)C(=C)C.C=CCC(C)CC/C(C)=C/OC(C)=O. The normalized spacial score (nSPS) is 14.4. The topological polar surface area (TPSA) is 26.3 Å². The Labute approximate surface area is 160 Å². The lowest BCUT2D eigenvalue weighted by molar-refractivity contribution is -0.135. The Morgan fingerprint density at radius 3 is 2.16 bits per heavy atom. The average Bonchev–Trinajstić information content (AvgIpc) is 2.56. The van der Waals surface area contributed by atoms with Gasteiger partial charge in [0, 0.05) is 6.92 Å². The van der Waals surface area contributed by atoms with E-state index in [1.165, 1.54) is 6.92 Å². The van der Waals surface area contributed by atoms with Crippen LogP contribution in [0.4, 0.5) is 0 Å². The van der Waals surface area contributed by atoms with Gasteiger partial charge in [-0.15, -0.1) is 24.8 Å². The first-order valence-electron chi connectivity index (χ1n) is 8.99. The predicted molar refractivity (Wildman–Crippen MR) is 112 cm³/mol. The highest BCUT2D eigenvalue weighted by atomic mass is 35.5. The number of hydrogen-bond acceptors (Lipinski definition) is 2. The Hall–Kier alpha value is -1.28. The minimum atomic E-state index is -0.261. The van der Waals surface area contributed by atoms with Crippen LogP contribution in [0.3, 0.4) is 0 Å². The number of esters is 1. The Morgan fingerprint density at radius 2 is 1.72 bits per heavy atom. The number of alkyl halides is 1. The number of carbonyl (C=O) groups is 1. The number of hydrogen-bond donors (Lipinski definition) is 0. The molecular formula is C22H37ClO2. The molecule has 0 saturated heterocycles. The van der Waals surface area contributed by atoms with Crippen LogP contribution in [-0.4, -0.2) is 11.3 Å². The van der Waals surface area contributed by atoms with Crippen LogP contribution in [0.2, 0.25) is 0 Å². The Balaban J connectivity index is 0. The van der Waals surface area contributed by atoms with Crippen molar-refractivity contribution in [2.24, 2.45) is 11.8 Å². The largest absolute Gasteiger partial charge is 0.435 e. The molecule has 0 heterocycles. The summed E-state index contributed by atoms with van der Waals surface area (Å²) in [6.07, 6.45) is 10.7. The Bertz CT molecular complexity index is 437. The maximum Gasteiger partial charge on any atom is 0.307 e. The smallest absolute Gasteiger partial charge is 0.307 e. The van der Waals surface area contributed by atoms with Gasteiger partial charge >= 0.3 is 5.97 Å². The van der Waals surface area contributed by atoms with E-state index in [9.17, 15) is 4.79 Å². The zero-order valence-corrected chi connectivity index (χ0v) is 17.6. The van der Waals surface area contributed by atoms with E-state index in [-0.39, 0.29) is 11.3 Å². The van der Waals surface area contributed by atoms with Gasteiger partial charge in [0.1, 0.15) is 0 Å². The third kappa shape index (κ3) is 18.9. The van der Waals surface area contributed by atoms with Gasteiger partial charge in [0.2, 0.25) is 0 Å². The van der Waals surface area contributed by atoms with E-state index in [4.69, 9.17) is 16.3 Å². The van der Waals surface area contributed by atoms with Crippen molar-refractivity contribution in [2.75, 3.05) is 0 Å². The monoisotopic (exact) mass is 368 g/mol. The second-order valence-electron chi connectivity index (χ2n) is 6.85. The number of ether oxygens (including phenoxy) is 1. The van der Waals surface area contributed by atoms with Crippen LogP contribution in [0.15, 0.2) is 49.3 Å². The lowest BCUT2D eigenvalue weighted by Crippen LogP contribution is -2.01. The minimum absolute atomic E-state index is 0.136. The summed E-state index contributed by atoms with van der Waals surface area (Å²) in [7, 11) is 0. The fraction of sp³-hybridized carbons (Fsp3) is 0.591. The number of allylic oxidation sites excluding steroid dienone is 4. The van der Waals surface area contributed by atoms with E-state index in [2.05, 4.69) is 33.6 Å². The summed E-state index contributed by atoms with van der Waals surface area (Å²) < 4.78 is 4.77. The van der Waals surface area contributed by atoms with Crippen LogP contribution < -0.4 is 0 Å². The van der Waals surface area contributed by atoms with Crippen molar-refractivity contribution in [3.63, 3.8) is 0 Å². The first kappa shape index (κ1) is 26.0. The summed E-state index contributed by atoms with van der Waals surface area (Å²) in [4.78, 5) is 10.5. The molecule has 0 radical (unpaired) electrons. The molecule has 0 saturated carbocycles. The third-order valence-electron chi connectivity index (χ3n) is 3.84. The maximum absolute atomic E-state index is 10.5. The fourth-order valence-electron chi connectivity index (χ4n) is 1.89. The van der Waals surface area contributed by atoms with E-state index in [1.807, 2.05) is 26.0 Å². The van der Waals surface area contributed by atoms with Crippen LogP contribution in [0.5, 0.6) is 0 Å². The molecule has 25 heavy (non-hydrogen) atoms. The molecular weight excluding hydrogens is 332 g/mol. The standard InChI is InChI=1S/C12H20O2.C10H17Cl/c1-5-6-10(2)7-8-11(3)9-14-12(4)13;1-5-9(4)6-7-10(11)8(2)3/h5,9-10H,1,6-8H2,2-4H3;5,9-10H,1-2,6-7H2,3-4H3/b11-9+;. The Morgan fingerprint density at radius 1 is 1.12 bits per heavy atom. The van der Waals surface area contributed by atoms with Gasteiger partial charge < -0.3 is 4.74 Å². The first-order valence-corrected chi connectivity index (χ1v) is 9.43. The first-order chi connectivity index (χ1) is 11.6. The molecule has 0 amide bonds. The van der Waals surface area contributed by atoms with Crippen molar-refractivity contribution in [1.82, 2.24) is 0 Å². The lowest BCUT2D eigenvalue weighted by atomic mass is 9.99. The highest BCUT2D eigenvalue weighted by molar-refractivity contribution is 6.22. The van der Waals surface area contributed by atoms with Crippen molar-refractivity contribution < 1.29 is 9.53 Å². The summed E-state index contributed by atoms with van der Waals surface area (Å²) >= 11 is 5.98. The van der Waals surface area contributed by atoms with Gasteiger partial charge in [-0.3, -0.25) is 4.79 Å². The molecule has 0 N–H and O–H groups in total. The van der Waals surface area contributed by atoms with E-state index in [0.29, 0.717) is 11.8 Å². The Kier molecular flexibility index (Phi) is 16.8. The molecule has 3 atom stereocenters. The molecule has 144 valence electrons. The number of rotatable bonds is 11. The fourth-order valence-corrected chi connectivity index (χ4v) is 2.02. The molecule has 0 spiro atoms. The molecule has 0 aliphatic carbocycles. The van der Waals surface area contributed by atoms with E-state index < -0.39 is 0 Å². The van der Waals surface area contributed by atoms with Gasteiger partial charge in [-0.2, -0.15) is 0 Å². The molecule has 3 heteroatoms. The number of halogens is 1. The second-order valence-corrected chi connectivity index (χ2v) is 7.37. The van der Waals surface area contributed by atoms with Crippen molar-refractivity contribution in [1.29, 1.82) is 0 Å². The average molecular weight is 369 g/mol. The molecule has 0 aromatic heterocycles. The van der Waals surface area contributed by atoms with Gasteiger partial charge in [0.15, 0.2) is 0 Å². The van der Waals surface area contributed by atoms with E-state index >= 15 is 0 Å². The quantitative estimate of drug-likeness (QED) is 0.166. The van der Waals surface area contributed by atoms with Crippen LogP contribution in [-0.2, 0) is 9.53 Å². The number of carbonyl (C=O) groups excluding carboxylic acids is 1. The maximum atomic E-state index is 10.5. The molecule has 0 rings (SSSR count). The van der Waals surface area contributed by atoms with Crippen LogP contribution in [0.25, 0.3) is 0 Å².